The highest BCUT2D eigenvalue weighted by Crippen LogP contribution is 2.31. The Morgan fingerprint density at radius 2 is 1.96 bits per heavy atom. The molecular weight excluding hydrogens is 288 g/mol. The van der Waals surface area contributed by atoms with E-state index in [1.807, 2.05) is 12.1 Å². The summed E-state index contributed by atoms with van der Waals surface area (Å²) in [6.45, 7) is 3.95. The first kappa shape index (κ1) is 15.3. The summed E-state index contributed by atoms with van der Waals surface area (Å²) in [5.41, 5.74) is 3.67. The fraction of sp³-hybridized carbons (Fsp3) is 0.263. The number of hydrogen-bond donors (Lipinski definition) is 1. The number of nitrogens with zero attached hydrogens (tertiary/aromatic N) is 1. The molecule has 23 heavy (non-hydrogen) atoms. The van der Waals surface area contributed by atoms with Crippen LogP contribution in [0.5, 0.6) is 0 Å². The van der Waals surface area contributed by atoms with Gasteiger partial charge in [0.1, 0.15) is 0 Å². The van der Waals surface area contributed by atoms with Crippen LogP contribution in [0.1, 0.15) is 29.8 Å². The monoisotopic (exact) mass is 308 g/mol. The molecule has 3 rings (SSSR count). The SMILES string of the molecule is CC(=O)c1cccc(NC(=O)CN2c3ccccc3CC2C)c1. The van der Waals surface area contributed by atoms with Crippen LogP contribution in [0, 0.1) is 0 Å². The molecule has 0 aromatic heterocycles. The summed E-state index contributed by atoms with van der Waals surface area (Å²) in [6, 6.07) is 15.5. The summed E-state index contributed by atoms with van der Waals surface area (Å²) in [5.74, 6) is -0.0857. The molecule has 0 radical (unpaired) electrons. The third kappa shape index (κ3) is 3.26. The molecule has 0 fully saturated rings. The Labute approximate surface area is 136 Å². The number of anilines is 2. The number of rotatable bonds is 4. The molecule has 1 aliphatic heterocycles. The third-order valence-electron chi connectivity index (χ3n) is 4.22. The van der Waals surface area contributed by atoms with E-state index in [0.717, 1.165) is 12.1 Å². The fourth-order valence-electron chi connectivity index (χ4n) is 3.04. The van der Waals surface area contributed by atoms with Crippen molar-refractivity contribution in [3.63, 3.8) is 0 Å². The van der Waals surface area contributed by atoms with E-state index in [0.29, 0.717) is 23.8 Å². The molecule has 4 heteroatoms. The van der Waals surface area contributed by atoms with Crippen molar-refractivity contribution in [1.82, 2.24) is 0 Å². The zero-order valence-corrected chi connectivity index (χ0v) is 13.4. The summed E-state index contributed by atoms with van der Waals surface area (Å²) in [4.78, 5) is 25.9. The second-order valence-corrected chi connectivity index (χ2v) is 5.99. The number of amides is 1. The van der Waals surface area contributed by atoms with Gasteiger partial charge in [0.15, 0.2) is 5.78 Å². The van der Waals surface area contributed by atoms with E-state index in [2.05, 4.69) is 29.3 Å². The Hall–Kier alpha value is -2.62. The lowest BCUT2D eigenvalue weighted by atomic mass is 10.1. The topological polar surface area (TPSA) is 49.4 Å². The minimum atomic E-state index is -0.0748. The van der Waals surface area contributed by atoms with Gasteiger partial charge in [-0.05, 0) is 44.0 Å². The summed E-state index contributed by atoms with van der Waals surface area (Å²) < 4.78 is 0. The first-order chi connectivity index (χ1) is 11.0. The summed E-state index contributed by atoms with van der Waals surface area (Å²) in [6.07, 6.45) is 0.962. The molecule has 2 aromatic rings. The molecule has 1 atom stereocenters. The maximum atomic E-state index is 12.4. The number of benzene rings is 2. The predicted octanol–water partition coefficient (Wildman–Crippen LogP) is 3.28. The van der Waals surface area contributed by atoms with E-state index in [-0.39, 0.29) is 11.7 Å². The van der Waals surface area contributed by atoms with Crippen molar-refractivity contribution in [3.05, 3.63) is 59.7 Å². The van der Waals surface area contributed by atoms with Crippen LogP contribution in [-0.4, -0.2) is 24.3 Å². The van der Waals surface area contributed by atoms with Crippen LogP contribution >= 0.6 is 0 Å². The molecule has 4 nitrogen and oxygen atoms in total. The van der Waals surface area contributed by atoms with Gasteiger partial charge in [0.2, 0.25) is 5.91 Å². The van der Waals surface area contributed by atoms with Gasteiger partial charge in [0.25, 0.3) is 0 Å². The van der Waals surface area contributed by atoms with Crippen molar-refractivity contribution < 1.29 is 9.59 Å². The standard InChI is InChI=1S/C19H20N2O2/c1-13-10-16-6-3-4-9-18(16)21(13)12-19(23)20-17-8-5-7-15(11-17)14(2)22/h3-9,11,13H,10,12H2,1-2H3,(H,20,23). The van der Waals surface area contributed by atoms with Crippen molar-refractivity contribution in [2.45, 2.75) is 26.3 Å². The lowest BCUT2D eigenvalue weighted by Crippen LogP contribution is -2.37. The predicted molar refractivity (Wildman–Crippen MR) is 92.0 cm³/mol. The average Bonchev–Trinajstić information content (AvgIpc) is 2.83. The lowest BCUT2D eigenvalue weighted by Gasteiger charge is -2.24. The molecule has 1 amide bonds. The maximum Gasteiger partial charge on any atom is 0.243 e. The van der Waals surface area contributed by atoms with Gasteiger partial charge in [-0.2, -0.15) is 0 Å². The van der Waals surface area contributed by atoms with E-state index < -0.39 is 0 Å². The van der Waals surface area contributed by atoms with E-state index in [4.69, 9.17) is 0 Å². The zero-order chi connectivity index (χ0) is 16.4. The van der Waals surface area contributed by atoms with Crippen LogP contribution in [0.4, 0.5) is 11.4 Å². The van der Waals surface area contributed by atoms with Gasteiger partial charge in [0.05, 0.1) is 6.54 Å². The molecular formula is C19H20N2O2. The molecule has 0 saturated carbocycles. The van der Waals surface area contributed by atoms with E-state index in [1.165, 1.54) is 12.5 Å². The second-order valence-electron chi connectivity index (χ2n) is 5.99. The Balaban J connectivity index is 1.71. The van der Waals surface area contributed by atoms with Gasteiger partial charge >= 0.3 is 0 Å². The second kappa shape index (κ2) is 6.24. The van der Waals surface area contributed by atoms with E-state index >= 15 is 0 Å². The zero-order valence-electron chi connectivity index (χ0n) is 13.4. The normalized spacial score (nSPS) is 16.1. The molecule has 0 saturated heterocycles. The first-order valence-electron chi connectivity index (χ1n) is 7.80. The smallest absolute Gasteiger partial charge is 0.243 e. The Kier molecular flexibility index (Phi) is 4.15. The van der Waals surface area contributed by atoms with Gasteiger partial charge < -0.3 is 10.2 Å². The van der Waals surface area contributed by atoms with Crippen molar-refractivity contribution in [2.24, 2.45) is 0 Å². The maximum absolute atomic E-state index is 12.4. The molecule has 2 aromatic carbocycles. The average molecular weight is 308 g/mol. The summed E-state index contributed by atoms with van der Waals surface area (Å²) in [7, 11) is 0. The van der Waals surface area contributed by atoms with Gasteiger partial charge in [-0.25, -0.2) is 0 Å². The highest BCUT2D eigenvalue weighted by atomic mass is 16.2. The van der Waals surface area contributed by atoms with Crippen LogP contribution in [0.3, 0.4) is 0 Å². The largest absolute Gasteiger partial charge is 0.359 e. The number of carbonyl (C=O) groups excluding carboxylic acids is 2. The van der Waals surface area contributed by atoms with Crippen molar-refractivity contribution in [2.75, 3.05) is 16.8 Å². The van der Waals surface area contributed by atoms with Crippen LogP contribution in [0.25, 0.3) is 0 Å². The van der Waals surface area contributed by atoms with Crippen molar-refractivity contribution in [1.29, 1.82) is 0 Å². The van der Waals surface area contributed by atoms with Gasteiger partial charge in [-0.15, -0.1) is 0 Å². The van der Waals surface area contributed by atoms with Crippen LogP contribution in [0.2, 0.25) is 0 Å². The quantitative estimate of drug-likeness (QED) is 0.882. The summed E-state index contributed by atoms with van der Waals surface area (Å²) >= 11 is 0. The molecule has 0 aliphatic carbocycles. The van der Waals surface area contributed by atoms with Gasteiger partial charge in [0, 0.05) is 23.0 Å². The van der Waals surface area contributed by atoms with Crippen LogP contribution < -0.4 is 10.2 Å². The number of para-hydroxylation sites is 1. The molecule has 1 unspecified atom stereocenters. The van der Waals surface area contributed by atoms with E-state index in [9.17, 15) is 9.59 Å². The highest BCUT2D eigenvalue weighted by Gasteiger charge is 2.26. The Morgan fingerprint density at radius 1 is 1.17 bits per heavy atom. The fourth-order valence-corrected chi connectivity index (χ4v) is 3.04. The minimum absolute atomic E-state index is 0.0109. The highest BCUT2D eigenvalue weighted by molar-refractivity contribution is 5.98. The molecule has 1 heterocycles. The molecule has 0 bridgehead atoms. The summed E-state index contributed by atoms with van der Waals surface area (Å²) in [5, 5.41) is 2.88. The Morgan fingerprint density at radius 3 is 2.74 bits per heavy atom. The minimum Gasteiger partial charge on any atom is -0.359 e. The number of Topliss-reactive ketones (excluding diaryl/α,β-unsaturated/α-hetero) is 1. The van der Waals surface area contributed by atoms with Crippen molar-refractivity contribution in [3.8, 4) is 0 Å². The number of fused-ring (bicyclic) bond motifs is 1. The molecule has 0 spiro atoms. The Bertz CT molecular complexity index is 755. The molecule has 1 N–H and O–H groups in total. The van der Waals surface area contributed by atoms with Crippen molar-refractivity contribution >= 4 is 23.1 Å². The number of hydrogen-bond acceptors (Lipinski definition) is 3. The number of ketones is 1. The van der Waals surface area contributed by atoms with Crippen LogP contribution in [0.15, 0.2) is 48.5 Å². The molecule has 118 valence electrons. The van der Waals surface area contributed by atoms with E-state index in [1.54, 1.807) is 24.3 Å². The first-order valence-corrected chi connectivity index (χ1v) is 7.80. The third-order valence-corrected chi connectivity index (χ3v) is 4.22. The van der Waals surface area contributed by atoms with Gasteiger partial charge in [-0.1, -0.05) is 30.3 Å². The van der Waals surface area contributed by atoms with Crippen LogP contribution in [-0.2, 0) is 11.2 Å². The molecule has 1 aliphatic rings. The number of carbonyl (C=O) groups is 2. The number of nitrogens with one attached hydrogen (secondary N) is 1. The lowest BCUT2D eigenvalue weighted by molar-refractivity contribution is -0.115. The van der Waals surface area contributed by atoms with Gasteiger partial charge in [-0.3, -0.25) is 9.59 Å².